The molecule has 2 aliphatic heterocycles. The minimum atomic E-state index is -2.96. The van der Waals surface area contributed by atoms with Gasteiger partial charge in [0.25, 0.3) is 8.32 Å². The third-order valence-electron chi connectivity index (χ3n) is 15.9. The van der Waals surface area contributed by atoms with Crippen LogP contribution in [0, 0.1) is 0 Å². The van der Waals surface area contributed by atoms with E-state index in [1.807, 2.05) is 30.4 Å². The molecule has 0 radical (unpaired) electrons. The highest BCUT2D eigenvalue weighted by Gasteiger charge is 2.56. The van der Waals surface area contributed by atoms with Gasteiger partial charge in [-0.3, -0.25) is 0 Å². The van der Waals surface area contributed by atoms with E-state index in [0.717, 1.165) is 18.1 Å². The molecule has 66 heavy (non-hydrogen) atoms. The van der Waals surface area contributed by atoms with Gasteiger partial charge < -0.3 is 37.2 Å². The number of likely N-dealkylation sites (N-methyl/N-ethyl adjacent to an activating group) is 1. The number of benzene rings is 2. The average Bonchev–Trinajstić information content (AvgIpc) is 3.23. The molecule has 0 saturated heterocycles. The Morgan fingerprint density at radius 3 is 1.45 bits per heavy atom. The summed E-state index contributed by atoms with van der Waals surface area (Å²) in [5, 5.41) is 15.0. The second-order valence-corrected chi connectivity index (χ2v) is 42.2. The standard InChI is InChI=1S/C54H89NO7Si4/c1-21-65(22-2,23-3)62-54(36-34-53(56,35-37-54)46-39-45(59-63(17,18)50(6,7)8)49(41(5)57-46)60-64(19,20)51(9,10)11)47-38-44(55(15)16)48(40(4)58-47)61-66(52(12,13)14,42-30-26-24-27-31-42)43-32-28-25-29-33-43/h24-41,44-45,48-49,56H,21-23H2,1-20H3/t40-,41-,44+,45-,48-,49-,53?,54?/m0/s1. The Balaban J connectivity index is 1.64. The smallest absolute Gasteiger partial charge is 0.261 e. The Morgan fingerprint density at radius 1 is 0.591 bits per heavy atom. The van der Waals surface area contributed by atoms with Gasteiger partial charge in [0.2, 0.25) is 0 Å². The van der Waals surface area contributed by atoms with Crippen LogP contribution in [0.4, 0.5) is 0 Å². The maximum atomic E-state index is 12.8. The second kappa shape index (κ2) is 19.8. The van der Waals surface area contributed by atoms with E-state index >= 15 is 0 Å². The SMILES string of the molecule is CC[Si](CC)(CC)OC1(C2=C[C@@H](N(C)C)[C@@H](O[Si](c3ccccc3)(c3ccccc3)C(C)(C)C)[C@H](C)O2)C=CC(O)(C2=C[C@H](O[Si](C)(C)C(C)(C)C)[C@@H](O[Si](C)(C)C(C)(C)C)[C@H](C)O2)C=C1. The zero-order valence-corrected chi connectivity index (χ0v) is 48.7. The van der Waals surface area contributed by atoms with Gasteiger partial charge in [-0.1, -0.05) is 144 Å². The molecule has 12 heteroatoms. The topological polar surface area (TPSA) is 78.9 Å². The monoisotopic (exact) mass is 976 g/mol. The fourth-order valence-electron chi connectivity index (χ4n) is 9.29. The summed E-state index contributed by atoms with van der Waals surface area (Å²) >= 11 is 0. The third-order valence-corrected chi connectivity index (χ3v) is 34.5. The lowest BCUT2D eigenvalue weighted by atomic mass is 9.84. The molecule has 8 nitrogen and oxygen atoms in total. The first-order valence-electron chi connectivity index (χ1n) is 24.8. The van der Waals surface area contributed by atoms with Gasteiger partial charge in [-0.05, 0) is 134 Å². The van der Waals surface area contributed by atoms with Crippen LogP contribution in [-0.2, 0) is 27.2 Å². The quantitative estimate of drug-likeness (QED) is 0.132. The minimum Gasteiger partial charge on any atom is -0.489 e. The highest BCUT2D eigenvalue weighted by molar-refractivity contribution is 6.99. The zero-order valence-electron chi connectivity index (χ0n) is 44.7. The fraction of sp³-hybridized carbons (Fsp3) is 0.630. The molecule has 0 amide bonds. The molecule has 2 aromatic carbocycles. The van der Waals surface area contributed by atoms with Crippen molar-refractivity contribution >= 4 is 43.6 Å². The van der Waals surface area contributed by atoms with Gasteiger partial charge in [-0.15, -0.1) is 0 Å². The van der Waals surface area contributed by atoms with Crippen LogP contribution in [0.3, 0.4) is 0 Å². The molecular weight excluding hydrogens is 887 g/mol. The van der Waals surface area contributed by atoms with Crippen LogP contribution in [0.5, 0.6) is 0 Å². The fourth-order valence-corrected chi connectivity index (χ4v) is 19.5. The molecule has 2 heterocycles. The van der Waals surface area contributed by atoms with Crippen molar-refractivity contribution in [2.75, 3.05) is 14.1 Å². The van der Waals surface area contributed by atoms with Gasteiger partial charge in [0, 0.05) is 0 Å². The molecule has 2 aromatic rings. The van der Waals surface area contributed by atoms with Gasteiger partial charge in [-0.2, -0.15) is 0 Å². The number of nitrogens with zero attached hydrogens (tertiary/aromatic N) is 1. The molecule has 0 fully saturated rings. The number of hydrogen-bond donors (Lipinski definition) is 1. The Bertz CT molecular complexity index is 2000. The summed E-state index contributed by atoms with van der Waals surface area (Å²) in [6.07, 6.45) is 10.2. The van der Waals surface area contributed by atoms with Crippen LogP contribution in [-0.4, -0.2) is 105 Å². The predicted octanol–water partition coefficient (Wildman–Crippen LogP) is 11.9. The van der Waals surface area contributed by atoms with E-state index in [2.05, 4.69) is 209 Å². The van der Waals surface area contributed by atoms with Crippen LogP contribution in [0.15, 0.2) is 109 Å². The Labute approximate surface area is 405 Å². The summed E-state index contributed by atoms with van der Waals surface area (Å²) in [6.45, 7) is 40.6. The van der Waals surface area contributed by atoms with E-state index in [1.165, 1.54) is 10.4 Å². The second-order valence-electron chi connectivity index (χ2n) is 23.7. The number of rotatable bonds is 16. The first-order valence-corrected chi connectivity index (χ1v) is 35.0. The lowest BCUT2D eigenvalue weighted by Crippen LogP contribution is -2.70. The maximum absolute atomic E-state index is 12.8. The summed E-state index contributed by atoms with van der Waals surface area (Å²) in [4.78, 5) is 2.25. The molecule has 5 rings (SSSR count). The first kappa shape index (κ1) is 54.6. The van der Waals surface area contributed by atoms with Crippen molar-refractivity contribution in [1.82, 2.24) is 4.90 Å². The van der Waals surface area contributed by atoms with E-state index in [9.17, 15) is 5.11 Å². The van der Waals surface area contributed by atoms with Crippen LogP contribution >= 0.6 is 0 Å². The molecule has 0 saturated carbocycles. The maximum Gasteiger partial charge on any atom is 0.261 e. The van der Waals surface area contributed by atoms with Gasteiger partial charge in [0.05, 0.1) is 12.1 Å². The molecule has 3 aliphatic rings. The van der Waals surface area contributed by atoms with Crippen LogP contribution in [0.2, 0.25) is 59.4 Å². The number of aliphatic hydroxyl groups is 1. The molecule has 368 valence electrons. The molecular formula is C54H89NO7Si4. The van der Waals surface area contributed by atoms with Gasteiger partial charge in [0.1, 0.15) is 35.9 Å². The van der Waals surface area contributed by atoms with Crippen LogP contribution in [0.25, 0.3) is 0 Å². The van der Waals surface area contributed by atoms with Gasteiger partial charge >= 0.3 is 0 Å². The molecule has 1 N–H and O–H groups in total. The van der Waals surface area contributed by atoms with Crippen molar-refractivity contribution in [3.05, 3.63) is 109 Å². The Morgan fingerprint density at radius 2 is 1.03 bits per heavy atom. The predicted molar refractivity (Wildman–Crippen MR) is 286 cm³/mol. The molecule has 6 atom stereocenters. The lowest BCUT2D eigenvalue weighted by Gasteiger charge is -2.51. The summed E-state index contributed by atoms with van der Waals surface area (Å²) in [7, 11) is -5.57. The van der Waals surface area contributed by atoms with E-state index < -0.39 is 50.6 Å². The van der Waals surface area contributed by atoms with E-state index in [4.69, 9.17) is 27.2 Å². The molecule has 0 spiro atoms. The van der Waals surface area contributed by atoms with Crippen molar-refractivity contribution in [3.8, 4) is 0 Å². The van der Waals surface area contributed by atoms with Crippen molar-refractivity contribution < 1.29 is 32.3 Å². The van der Waals surface area contributed by atoms with Crippen LogP contribution < -0.4 is 10.4 Å². The average molecular weight is 977 g/mol. The van der Waals surface area contributed by atoms with E-state index in [1.54, 1.807) is 0 Å². The van der Waals surface area contributed by atoms with E-state index in [-0.39, 0.29) is 45.6 Å². The highest BCUT2D eigenvalue weighted by atomic mass is 28.4. The van der Waals surface area contributed by atoms with Crippen molar-refractivity contribution in [2.24, 2.45) is 0 Å². The van der Waals surface area contributed by atoms with Crippen molar-refractivity contribution in [3.63, 3.8) is 0 Å². The lowest BCUT2D eigenvalue weighted by molar-refractivity contribution is -0.0741. The number of hydrogen-bond acceptors (Lipinski definition) is 8. The normalized spacial score (nSPS) is 28.2. The van der Waals surface area contributed by atoms with Gasteiger partial charge in [-0.25, -0.2) is 0 Å². The zero-order chi connectivity index (χ0) is 49.5. The summed E-state index contributed by atoms with van der Waals surface area (Å²) in [5.74, 6) is 1.16. The van der Waals surface area contributed by atoms with Gasteiger partial charge in [0.15, 0.2) is 36.2 Å². The summed E-state index contributed by atoms with van der Waals surface area (Å²) in [5.41, 5.74) is -2.64. The Kier molecular flexibility index (Phi) is 16.4. The van der Waals surface area contributed by atoms with Crippen LogP contribution in [0.1, 0.15) is 96.9 Å². The molecule has 0 bridgehead atoms. The summed E-state index contributed by atoms with van der Waals surface area (Å²) in [6, 6.07) is 24.3. The molecule has 0 aromatic heterocycles. The molecule has 0 unspecified atom stereocenters. The van der Waals surface area contributed by atoms with E-state index in [0.29, 0.717) is 11.5 Å². The van der Waals surface area contributed by atoms with Crippen molar-refractivity contribution in [1.29, 1.82) is 0 Å². The third kappa shape index (κ3) is 10.8. The molecule has 1 aliphatic carbocycles. The highest BCUT2D eigenvalue weighted by Crippen LogP contribution is 2.47. The largest absolute Gasteiger partial charge is 0.489 e. The first-order chi connectivity index (χ1) is 30.4. The minimum absolute atomic E-state index is 0.00480. The van der Waals surface area contributed by atoms with Crippen molar-refractivity contribution in [2.45, 2.75) is 204 Å². The summed E-state index contributed by atoms with van der Waals surface area (Å²) < 4.78 is 43.8. The Hall–Kier alpha value is -2.37. The number of ether oxygens (including phenoxy) is 2.